The lowest BCUT2D eigenvalue weighted by Crippen LogP contribution is -2.41. The molecule has 1 aromatic heterocycles. The summed E-state index contributed by atoms with van der Waals surface area (Å²) >= 11 is 0. The molecule has 0 bridgehead atoms. The van der Waals surface area contributed by atoms with Crippen molar-refractivity contribution in [2.75, 3.05) is 7.05 Å². The minimum absolute atomic E-state index is 0.182. The van der Waals surface area contributed by atoms with Gasteiger partial charge in [0.2, 0.25) is 0 Å². The highest BCUT2D eigenvalue weighted by atomic mass is 16.4. The number of fused-ring (bicyclic) bond motifs is 1. The van der Waals surface area contributed by atoms with Crippen molar-refractivity contribution in [3.63, 3.8) is 0 Å². The van der Waals surface area contributed by atoms with E-state index in [2.05, 4.69) is 10.3 Å². The molecule has 0 radical (unpaired) electrons. The Bertz CT molecular complexity index is 669. The Balaban J connectivity index is 2.44. The molecule has 1 heterocycles. The molecular formula is C11H10N2O5. The molecule has 0 aliphatic heterocycles. The average molecular weight is 250 g/mol. The van der Waals surface area contributed by atoms with Gasteiger partial charge in [-0.15, -0.1) is 0 Å². The van der Waals surface area contributed by atoms with Gasteiger partial charge in [0.25, 0.3) is 0 Å². The Morgan fingerprint density at radius 3 is 2.78 bits per heavy atom. The van der Waals surface area contributed by atoms with E-state index >= 15 is 0 Å². The van der Waals surface area contributed by atoms with Crippen molar-refractivity contribution in [3.8, 4) is 0 Å². The molecule has 0 aliphatic carbocycles. The Morgan fingerprint density at radius 1 is 1.44 bits per heavy atom. The number of carboxylic acids is 1. The molecule has 7 nitrogen and oxygen atoms in total. The normalized spacial score (nSPS) is 12.5. The summed E-state index contributed by atoms with van der Waals surface area (Å²) in [6.07, 6.45) is 0. The number of Topliss-reactive ketones (excluding diaryl/α,β-unsaturated/α-hetero) is 1. The van der Waals surface area contributed by atoms with Crippen LogP contribution in [0.2, 0.25) is 0 Å². The van der Waals surface area contributed by atoms with Crippen LogP contribution >= 0.6 is 0 Å². The number of H-pyrrole nitrogens is 1. The summed E-state index contributed by atoms with van der Waals surface area (Å²) in [7, 11) is 1.38. The minimum Gasteiger partial charge on any atom is -0.480 e. The van der Waals surface area contributed by atoms with Crippen molar-refractivity contribution in [1.82, 2.24) is 10.3 Å². The summed E-state index contributed by atoms with van der Waals surface area (Å²) in [6, 6.07) is 2.92. The molecule has 1 atom stereocenters. The van der Waals surface area contributed by atoms with Crippen LogP contribution in [-0.2, 0) is 4.79 Å². The Hall–Kier alpha value is -2.41. The summed E-state index contributed by atoms with van der Waals surface area (Å²) in [6.45, 7) is 0. The molecule has 18 heavy (non-hydrogen) atoms. The van der Waals surface area contributed by atoms with Crippen molar-refractivity contribution in [2.45, 2.75) is 6.04 Å². The summed E-state index contributed by atoms with van der Waals surface area (Å²) < 4.78 is 4.78. The third-order valence-corrected chi connectivity index (χ3v) is 2.50. The second-order valence-electron chi connectivity index (χ2n) is 3.65. The van der Waals surface area contributed by atoms with Crippen LogP contribution in [0.5, 0.6) is 0 Å². The van der Waals surface area contributed by atoms with Crippen LogP contribution in [0.1, 0.15) is 10.4 Å². The standard InChI is InChI=1S/C11H10N2O5/c1-12-8(10(15)16)9(14)5-2-3-7-6(4-5)13-11(17)18-7/h2-4,8,12H,1H3,(H,13,17)(H,15,16). The van der Waals surface area contributed by atoms with Crippen LogP contribution in [0.25, 0.3) is 11.1 Å². The number of likely N-dealkylation sites (N-methyl/N-ethyl adjacent to an activating group) is 1. The van der Waals surface area contributed by atoms with E-state index in [0.717, 1.165) is 0 Å². The third kappa shape index (κ3) is 2.03. The fraction of sp³-hybridized carbons (Fsp3) is 0.182. The van der Waals surface area contributed by atoms with E-state index in [4.69, 9.17) is 9.52 Å². The van der Waals surface area contributed by atoms with E-state index in [0.29, 0.717) is 11.1 Å². The maximum absolute atomic E-state index is 11.9. The molecule has 1 unspecified atom stereocenters. The molecular weight excluding hydrogens is 240 g/mol. The van der Waals surface area contributed by atoms with Crippen LogP contribution < -0.4 is 11.1 Å². The van der Waals surface area contributed by atoms with Crippen LogP contribution in [0, 0.1) is 0 Å². The van der Waals surface area contributed by atoms with Gasteiger partial charge in [0, 0.05) is 5.56 Å². The predicted octanol–water partition coefficient (Wildman–Crippen LogP) is -0.0236. The largest absolute Gasteiger partial charge is 0.480 e. The highest BCUT2D eigenvalue weighted by Crippen LogP contribution is 2.13. The predicted molar refractivity (Wildman–Crippen MR) is 61.6 cm³/mol. The first kappa shape index (κ1) is 12.1. The van der Waals surface area contributed by atoms with Gasteiger partial charge in [0.1, 0.15) is 0 Å². The number of carbonyl (C=O) groups is 2. The highest BCUT2D eigenvalue weighted by molar-refractivity contribution is 6.12. The monoisotopic (exact) mass is 250 g/mol. The SMILES string of the molecule is CNC(C(=O)O)C(=O)c1ccc2oc(=O)[nH]c2c1. The zero-order valence-electron chi connectivity index (χ0n) is 9.39. The van der Waals surface area contributed by atoms with Gasteiger partial charge in [-0.2, -0.15) is 0 Å². The average Bonchev–Trinajstić information content (AvgIpc) is 2.68. The van der Waals surface area contributed by atoms with Crippen LogP contribution in [0.3, 0.4) is 0 Å². The van der Waals surface area contributed by atoms with Crippen molar-refractivity contribution >= 4 is 22.9 Å². The molecule has 2 rings (SSSR count). The number of carbonyl (C=O) groups excluding carboxylic acids is 1. The fourth-order valence-electron chi connectivity index (χ4n) is 1.64. The van der Waals surface area contributed by atoms with Gasteiger partial charge in [-0.25, -0.2) is 4.79 Å². The van der Waals surface area contributed by atoms with Gasteiger partial charge in [-0.3, -0.25) is 14.6 Å². The number of ketones is 1. The molecule has 1 aromatic carbocycles. The van der Waals surface area contributed by atoms with Crippen LogP contribution in [0.15, 0.2) is 27.4 Å². The van der Waals surface area contributed by atoms with Gasteiger partial charge in [0.05, 0.1) is 5.52 Å². The second kappa shape index (κ2) is 4.46. The molecule has 7 heteroatoms. The number of rotatable bonds is 4. The van der Waals surface area contributed by atoms with E-state index in [1.807, 2.05) is 0 Å². The van der Waals surface area contributed by atoms with E-state index in [9.17, 15) is 14.4 Å². The highest BCUT2D eigenvalue weighted by Gasteiger charge is 2.25. The van der Waals surface area contributed by atoms with E-state index in [1.54, 1.807) is 0 Å². The van der Waals surface area contributed by atoms with Crippen molar-refractivity contribution < 1.29 is 19.1 Å². The number of benzene rings is 1. The first-order chi connectivity index (χ1) is 8.52. The maximum atomic E-state index is 11.9. The zero-order chi connectivity index (χ0) is 13.3. The fourth-order valence-corrected chi connectivity index (χ4v) is 1.64. The quantitative estimate of drug-likeness (QED) is 0.519. The molecule has 0 fully saturated rings. The molecule has 94 valence electrons. The van der Waals surface area contributed by atoms with Crippen LogP contribution in [0.4, 0.5) is 0 Å². The Labute approximate surface area is 100 Å². The number of hydrogen-bond donors (Lipinski definition) is 3. The minimum atomic E-state index is -1.32. The summed E-state index contributed by atoms with van der Waals surface area (Å²) in [5.74, 6) is -2.48. The number of aromatic amines is 1. The number of oxazole rings is 1. The second-order valence-corrected chi connectivity index (χ2v) is 3.65. The van der Waals surface area contributed by atoms with Crippen LogP contribution in [-0.4, -0.2) is 34.9 Å². The van der Waals surface area contributed by atoms with E-state index in [-0.39, 0.29) is 5.56 Å². The molecule has 3 N–H and O–H groups in total. The number of carboxylic acid groups (broad SMARTS) is 1. The molecule has 0 spiro atoms. The summed E-state index contributed by atoms with van der Waals surface area (Å²) in [5.41, 5.74) is 0.847. The third-order valence-electron chi connectivity index (χ3n) is 2.50. The van der Waals surface area contributed by atoms with Crippen molar-refractivity contribution in [1.29, 1.82) is 0 Å². The van der Waals surface area contributed by atoms with Gasteiger partial charge >= 0.3 is 11.7 Å². The van der Waals surface area contributed by atoms with Crippen molar-refractivity contribution in [2.24, 2.45) is 0 Å². The maximum Gasteiger partial charge on any atom is 0.417 e. The summed E-state index contributed by atoms with van der Waals surface area (Å²) in [5, 5.41) is 11.3. The lowest BCUT2D eigenvalue weighted by atomic mass is 10.0. The lowest BCUT2D eigenvalue weighted by molar-refractivity contribution is -0.137. The zero-order valence-corrected chi connectivity index (χ0v) is 9.39. The lowest BCUT2D eigenvalue weighted by Gasteiger charge is -2.09. The first-order valence-corrected chi connectivity index (χ1v) is 5.10. The number of aliphatic carboxylic acids is 1. The molecule has 0 saturated heterocycles. The van der Waals surface area contributed by atoms with Crippen molar-refractivity contribution in [3.05, 3.63) is 34.3 Å². The molecule has 0 amide bonds. The number of aromatic nitrogens is 1. The topological polar surface area (TPSA) is 112 Å². The van der Waals surface area contributed by atoms with Gasteiger partial charge in [-0.1, -0.05) is 0 Å². The molecule has 0 saturated carbocycles. The Kier molecular flexibility index (Phi) is 2.99. The smallest absolute Gasteiger partial charge is 0.417 e. The van der Waals surface area contributed by atoms with Gasteiger partial charge in [0.15, 0.2) is 17.4 Å². The number of nitrogens with one attached hydrogen (secondary N) is 2. The first-order valence-electron chi connectivity index (χ1n) is 5.10. The Morgan fingerprint density at radius 2 is 2.17 bits per heavy atom. The number of hydrogen-bond acceptors (Lipinski definition) is 5. The summed E-state index contributed by atoms with van der Waals surface area (Å²) in [4.78, 5) is 36.1. The van der Waals surface area contributed by atoms with E-state index < -0.39 is 23.6 Å². The molecule has 0 aliphatic rings. The molecule has 2 aromatic rings. The van der Waals surface area contributed by atoms with Gasteiger partial charge < -0.3 is 14.8 Å². The van der Waals surface area contributed by atoms with E-state index in [1.165, 1.54) is 25.2 Å². The van der Waals surface area contributed by atoms with Gasteiger partial charge in [-0.05, 0) is 25.2 Å².